The molecule has 7 heteroatoms. The maximum atomic E-state index is 12.1. The van der Waals surface area contributed by atoms with Crippen molar-refractivity contribution in [2.45, 2.75) is 24.5 Å². The third-order valence-corrected chi connectivity index (χ3v) is 6.32. The fourth-order valence-corrected chi connectivity index (χ4v) is 4.20. The third kappa shape index (κ3) is 5.32. The summed E-state index contributed by atoms with van der Waals surface area (Å²) in [7, 11) is -2.19. The van der Waals surface area contributed by atoms with Gasteiger partial charge in [0.2, 0.25) is 15.9 Å². The summed E-state index contributed by atoms with van der Waals surface area (Å²) in [5.74, 6) is 0.902. The van der Waals surface area contributed by atoms with Crippen LogP contribution >= 0.6 is 11.8 Å². The molecule has 0 aromatic heterocycles. The van der Waals surface area contributed by atoms with Gasteiger partial charge in [-0.25, -0.2) is 13.1 Å². The Morgan fingerprint density at radius 2 is 1.80 bits per heavy atom. The molecule has 0 spiro atoms. The van der Waals surface area contributed by atoms with Crippen molar-refractivity contribution in [3.8, 4) is 0 Å². The molecule has 0 aliphatic carbocycles. The van der Waals surface area contributed by atoms with Gasteiger partial charge in [0.25, 0.3) is 0 Å². The Morgan fingerprint density at radius 1 is 1.08 bits per heavy atom. The van der Waals surface area contributed by atoms with Crippen LogP contribution in [-0.4, -0.2) is 27.1 Å². The highest BCUT2D eigenvalue weighted by atomic mass is 32.2. The number of rotatable bonds is 7. The van der Waals surface area contributed by atoms with Gasteiger partial charge in [0, 0.05) is 11.4 Å². The van der Waals surface area contributed by atoms with Crippen molar-refractivity contribution >= 4 is 33.4 Å². The van der Waals surface area contributed by atoms with Gasteiger partial charge in [-0.2, -0.15) is 0 Å². The fourth-order valence-electron chi connectivity index (χ4n) is 2.30. The van der Waals surface area contributed by atoms with E-state index in [0.717, 1.165) is 5.75 Å². The van der Waals surface area contributed by atoms with Crippen molar-refractivity contribution in [1.82, 2.24) is 4.72 Å². The first-order valence-electron chi connectivity index (χ1n) is 7.80. The predicted molar refractivity (Wildman–Crippen MR) is 103 cm³/mol. The summed E-state index contributed by atoms with van der Waals surface area (Å²) in [6.07, 6.45) is 0. The van der Waals surface area contributed by atoms with E-state index in [9.17, 15) is 13.2 Å². The molecule has 134 valence electrons. The van der Waals surface area contributed by atoms with E-state index in [2.05, 4.69) is 16.1 Å². The maximum Gasteiger partial charge on any atom is 0.240 e. The van der Waals surface area contributed by atoms with Gasteiger partial charge >= 0.3 is 0 Å². The van der Waals surface area contributed by atoms with Gasteiger partial charge in [0.1, 0.15) is 0 Å². The molecule has 0 fully saturated rings. The molecule has 0 aliphatic rings. The quantitative estimate of drug-likeness (QED) is 0.776. The molecule has 2 N–H and O–H groups in total. The van der Waals surface area contributed by atoms with E-state index in [1.54, 1.807) is 19.1 Å². The SMILES string of the molecule is CNS(=O)(=O)c1cc(NC(=O)CSCc2ccccc2C)ccc1C. The van der Waals surface area contributed by atoms with Crippen LogP contribution in [-0.2, 0) is 20.6 Å². The van der Waals surface area contributed by atoms with Crippen molar-refractivity contribution in [2.24, 2.45) is 0 Å². The van der Waals surface area contributed by atoms with Crippen LogP contribution < -0.4 is 10.0 Å². The Kier molecular flexibility index (Phi) is 6.64. The predicted octanol–water partition coefficient (Wildman–Crippen LogP) is 3.08. The number of nitrogens with one attached hydrogen (secondary N) is 2. The molecule has 2 aromatic rings. The molecule has 5 nitrogen and oxygen atoms in total. The number of thioether (sulfide) groups is 1. The summed E-state index contributed by atoms with van der Waals surface area (Å²) in [5, 5.41) is 2.75. The summed E-state index contributed by atoms with van der Waals surface area (Å²) in [5.41, 5.74) is 3.51. The van der Waals surface area contributed by atoms with E-state index < -0.39 is 10.0 Å². The third-order valence-electron chi connectivity index (χ3n) is 3.78. The fraction of sp³-hybridized carbons (Fsp3) is 0.278. The van der Waals surface area contributed by atoms with Gasteiger partial charge < -0.3 is 5.32 Å². The minimum Gasteiger partial charge on any atom is -0.325 e. The van der Waals surface area contributed by atoms with Gasteiger partial charge in [0.15, 0.2) is 0 Å². The van der Waals surface area contributed by atoms with Gasteiger partial charge in [-0.05, 0) is 49.7 Å². The Hall–Kier alpha value is -1.83. The monoisotopic (exact) mass is 378 g/mol. The van der Waals surface area contributed by atoms with Gasteiger partial charge in [0.05, 0.1) is 10.6 Å². The van der Waals surface area contributed by atoms with Gasteiger partial charge in [-0.15, -0.1) is 11.8 Å². The molecule has 2 rings (SSSR count). The summed E-state index contributed by atoms with van der Waals surface area (Å²) >= 11 is 1.52. The molecule has 0 saturated carbocycles. The van der Waals surface area contributed by atoms with Crippen molar-refractivity contribution < 1.29 is 13.2 Å². The molecule has 0 aliphatic heterocycles. The maximum absolute atomic E-state index is 12.1. The van der Waals surface area contributed by atoms with Crippen LogP contribution in [0.2, 0.25) is 0 Å². The first-order valence-corrected chi connectivity index (χ1v) is 10.4. The molecule has 0 heterocycles. The number of sulfonamides is 1. The number of benzene rings is 2. The largest absolute Gasteiger partial charge is 0.325 e. The zero-order valence-corrected chi connectivity index (χ0v) is 16.1. The molecule has 1 amide bonds. The lowest BCUT2D eigenvalue weighted by Crippen LogP contribution is -2.20. The Morgan fingerprint density at radius 3 is 2.48 bits per heavy atom. The molecule has 0 atom stereocenters. The van der Waals surface area contributed by atoms with Crippen molar-refractivity contribution in [1.29, 1.82) is 0 Å². The molecular weight excluding hydrogens is 356 g/mol. The Balaban J connectivity index is 1.97. The average Bonchev–Trinajstić information content (AvgIpc) is 2.58. The van der Waals surface area contributed by atoms with Crippen LogP contribution in [0.1, 0.15) is 16.7 Å². The zero-order valence-electron chi connectivity index (χ0n) is 14.5. The lowest BCUT2D eigenvalue weighted by Gasteiger charge is -2.10. The lowest BCUT2D eigenvalue weighted by molar-refractivity contribution is -0.113. The van der Waals surface area contributed by atoms with E-state index in [4.69, 9.17) is 0 Å². The molecule has 0 radical (unpaired) electrons. The summed E-state index contributed by atoms with van der Waals surface area (Å²) in [6.45, 7) is 3.76. The number of hydrogen-bond donors (Lipinski definition) is 2. The topological polar surface area (TPSA) is 75.3 Å². The molecule has 2 aromatic carbocycles. The van der Waals surface area contributed by atoms with Crippen LogP contribution in [0.15, 0.2) is 47.4 Å². The van der Waals surface area contributed by atoms with Crippen LogP contribution in [0.5, 0.6) is 0 Å². The van der Waals surface area contributed by atoms with E-state index in [1.807, 2.05) is 25.1 Å². The summed E-state index contributed by atoms with van der Waals surface area (Å²) in [6, 6.07) is 12.9. The minimum atomic E-state index is -3.55. The van der Waals surface area contributed by atoms with Crippen molar-refractivity contribution in [3.63, 3.8) is 0 Å². The minimum absolute atomic E-state index is 0.157. The highest BCUT2D eigenvalue weighted by Gasteiger charge is 2.15. The summed E-state index contributed by atoms with van der Waals surface area (Å²) < 4.78 is 26.3. The van der Waals surface area contributed by atoms with E-state index in [-0.39, 0.29) is 10.8 Å². The van der Waals surface area contributed by atoms with Crippen molar-refractivity contribution in [2.75, 3.05) is 18.1 Å². The second-order valence-corrected chi connectivity index (χ2v) is 8.50. The number of hydrogen-bond acceptors (Lipinski definition) is 4. The van der Waals surface area contributed by atoms with Crippen LogP contribution in [0.4, 0.5) is 5.69 Å². The second kappa shape index (κ2) is 8.51. The number of amides is 1. The average molecular weight is 379 g/mol. The van der Waals surface area contributed by atoms with E-state index >= 15 is 0 Å². The zero-order chi connectivity index (χ0) is 18.4. The van der Waals surface area contributed by atoms with Crippen LogP contribution in [0.25, 0.3) is 0 Å². The van der Waals surface area contributed by atoms with Crippen molar-refractivity contribution in [3.05, 3.63) is 59.2 Å². The van der Waals surface area contributed by atoms with Gasteiger partial charge in [-0.1, -0.05) is 30.3 Å². The number of carbonyl (C=O) groups is 1. The molecule has 0 unspecified atom stereocenters. The molecular formula is C18H22N2O3S2. The smallest absolute Gasteiger partial charge is 0.240 e. The van der Waals surface area contributed by atoms with Crippen LogP contribution in [0, 0.1) is 13.8 Å². The van der Waals surface area contributed by atoms with Gasteiger partial charge in [-0.3, -0.25) is 4.79 Å². The Bertz CT molecular complexity index is 864. The normalized spacial score (nSPS) is 11.3. The highest BCUT2D eigenvalue weighted by molar-refractivity contribution is 7.99. The Labute approximate surface area is 153 Å². The standard InChI is InChI=1S/C18H22N2O3S2/c1-13-6-4-5-7-15(13)11-24-12-18(21)20-16-9-8-14(2)17(10-16)25(22,23)19-3/h4-10,19H,11-12H2,1-3H3,(H,20,21). The lowest BCUT2D eigenvalue weighted by atomic mass is 10.1. The first kappa shape index (κ1) is 19.5. The first-order chi connectivity index (χ1) is 11.8. The molecule has 25 heavy (non-hydrogen) atoms. The highest BCUT2D eigenvalue weighted by Crippen LogP contribution is 2.21. The van der Waals surface area contributed by atoms with E-state index in [0.29, 0.717) is 17.0 Å². The number of anilines is 1. The molecule has 0 bridgehead atoms. The summed E-state index contributed by atoms with van der Waals surface area (Å²) in [4.78, 5) is 12.3. The number of aryl methyl sites for hydroxylation is 2. The second-order valence-electron chi connectivity index (χ2n) is 5.66. The van der Waals surface area contributed by atoms with E-state index in [1.165, 1.54) is 36.0 Å². The number of carbonyl (C=O) groups excluding carboxylic acids is 1. The van der Waals surface area contributed by atoms with Crippen LogP contribution in [0.3, 0.4) is 0 Å². The molecule has 0 saturated heterocycles.